The summed E-state index contributed by atoms with van der Waals surface area (Å²) >= 11 is 0. The standard InChI is InChI=1S/C6H10N/c1-3-5-7-6-4-2/h3-4H,1-2,5-6H2/i5+1,6+1. The molecular weight excluding hydrogens is 88.1 g/mol. The topological polar surface area (TPSA) is 14.1 Å². The largest absolute Gasteiger partial charge is 0.234 e. The second-order valence-corrected chi connectivity index (χ2v) is 1.17. The third kappa shape index (κ3) is 5.44. The first-order valence-corrected chi connectivity index (χ1v) is 2.27. The molecule has 1 radical (unpaired) electrons. The molecule has 0 aromatic carbocycles. The van der Waals surface area contributed by atoms with Crippen molar-refractivity contribution in [3.8, 4) is 0 Å². The Kier molecular flexibility index (Phi) is 5.00. The summed E-state index contributed by atoms with van der Waals surface area (Å²) in [4.78, 5) is 0. The molecule has 0 bridgehead atoms. The zero-order chi connectivity index (χ0) is 5.54. The molecule has 0 aromatic rings. The Hall–Kier alpha value is -0.560. The Morgan fingerprint density at radius 1 is 1.14 bits per heavy atom. The van der Waals surface area contributed by atoms with Gasteiger partial charge in [0.1, 0.15) is 0 Å². The maximum Gasteiger partial charge on any atom is 0.0315 e. The molecule has 1 heteroatoms. The van der Waals surface area contributed by atoms with Gasteiger partial charge >= 0.3 is 0 Å². The molecule has 0 amide bonds. The van der Waals surface area contributed by atoms with Crippen molar-refractivity contribution in [2.24, 2.45) is 0 Å². The summed E-state index contributed by atoms with van der Waals surface area (Å²) in [7, 11) is 0. The third-order valence-electron chi connectivity index (χ3n) is 0.516. The van der Waals surface area contributed by atoms with Gasteiger partial charge in [-0.2, -0.15) is 0 Å². The summed E-state index contributed by atoms with van der Waals surface area (Å²) in [6.45, 7) is 8.49. The first kappa shape index (κ1) is 6.44. The minimum absolute atomic E-state index is 0.742. The van der Waals surface area contributed by atoms with Gasteiger partial charge in [-0.1, -0.05) is 12.2 Å². The van der Waals surface area contributed by atoms with Gasteiger partial charge in [0.2, 0.25) is 0 Å². The molecule has 0 saturated carbocycles. The molecule has 0 saturated heterocycles. The SMILES string of the molecule is C=C[13CH2][N][13CH2]C=C. The molecule has 0 spiro atoms. The Balaban J connectivity index is 2.68. The Morgan fingerprint density at radius 3 is 1.86 bits per heavy atom. The molecule has 0 aromatic heterocycles. The zero-order valence-electron chi connectivity index (χ0n) is 4.43. The molecule has 1 nitrogen and oxygen atoms in total. The molecule has 0 fully saturated rings. The van der Waals surface area contributed by atoms with Crippen LogP contribution in [0, 0.1) is 0 Å². The Labute approximate surface area is 44.7 Å². The molecule has 0 aliphatic rings. The summed E-state index contributed by atoms with van der Waals surface area (Å²) in [6, 6.07) is 0. The van der Waals surface area contributed by atoms with Crippen LogP contribution in [0.3, 0.4) is 0 Å². The van der Waals surface area contributed by atoms with Crippen molar-refractivity contribution in [1.82, 2.24) is 5.32 Å². The maximum absolute atomic E-state index is 3.97. The molecule has 0 N–H and O–H groups in total. The average Bonchev–Trinajstić information content (AvgIpc) is 1.69. The van der Waals surface area contributed by atoms with Crippen LogP contribution in [0.15, 0.2) is 25.3 Å². The first-order valence-electron chi connectivity index (χ1n) is 2.27. The summed E-state index contributed by atoms with van der Waals surface area (Å²) < 4.78 is 0. The third-order valence-corrected chi connectivity index (χ3v) is 0.516. The second-order valence-electron chi connectivity index (χ2n) is 1.17. The van der Waals surface area contributed by atoms with E-state index in [1.807, 2.05) is 0 Å². The lowest BCUT2D eigenvalue weighted by Crippen LogP contribution is -2.02. The maximum atomic E-state index is 3.97. The minimum Gasteiger partial charge on any atom is -0.234 e. The molecule has 0 heterocycles. The van der Waals surface area contributed by atoms with Gasteiger partial charge in [0.15, 0.2) is 0 Å². The van der Waals surface area contributed by atoms with Crippen molar-refractivity contribution in [1.29, 1.82) is 0 Å². The monoisotopic (exact) mass is 98.1 g/mol. The van der Waals surface area contributed by atoms with Gasteiger partial charge in [-0.05, 0) is 0 Å². The van der Waals surface area contributed by atoms with Crippen molar-refractivity contribution in [3.05, 3.63) is 25.3 Å². The summed E-state index contributed by atoms with van der Waals surface area (Å²) in [5.74, 6) is 0. The fourth-order valence-electron chi connectivity index (χ4n) is 0.257. The molecular formula is C6H10N. The molecule has 0 atom stereocenters. The fraction of sp³-hybridized carbons (Fsp3) is 0.333. The quantitative estimate of drug-likeness (QED) is 0.282. The lowest BCUT2D eigenvalue weighted by Gasteiger charge is -1.86. The molecule has 0 unspecified atom stereocenters. The van der Waals surface area contributed by atoms with Crippen molar-refractivity contribution in [2.45, 2.75) is 0 Å². The summed E-state index contributed by atoms with van der Waals surface area (Å²) in [6.07, 6.45) is 3.53. The highest BCUT2D eigenvalue weighted by Gasteiger charge is 1.72. The van der Waals surface area contributed by atoms with E-state index in [0.717, 1.165) is 13.1 Å². The van der Waals surface area contributed by atoms with Crippen LogP contribution >= 0.6 is 0 Å². The van der Waals surface area contributed by atoms with Gasteiger partial charge in [0.05, 0.1) is 0 Å². The smallest absolute Gasteiger partial charge is 0.0315 e. The van der Waals surface area contributed by atoms with Crippen molar-refractivity contribution >= 4 is 0 Å². The zero-order valence-corrected chi connectivity index (χ0v) is 4.43. The Morgan fingerprint density at radius 2 is 1.57 bits per heavy atom. The van der Waals surface area contributed by atoms with Crippen LogP contribution in [0.5, 0.6) is 0 Å². The van der Waals surface area contributed by atoms with E-state index in [9.17, 15) is 0 Å². The van der Waals surface area contributed by atoms with Gasteiger partial charge in [-0.3, -0.25) is 0 Å². The van der Waals surface area contributed by atoms with Crippen molar-refractivity contribution in [2.75, 3.05) is 13.1 Å². The van der Waals surface area contributed by atoms with E-state index in [2.05, 4.69) is 18.5 Å². The Bertz CT molecular complexity index is 49.2. The van der Waals surface area contributed by atoms with Crippen LogP contribution in [0.1, 0.15) is 0 Å². The number of nitrogens with zero attached hydrogens (tertiary/aromatic N) is 1. The number of rotatable bonds is 4. The predicted molar refractivity (Wildman–Crippen MR) is 32.3 cm³/mol. The van der Waals surface area contributed by atoms with Gasteiger partial charge in [0.25, 0.3) is 0 Å². The summed E-state index contributed by atoms with van der Waals surface area (Å²) in [5.41, 5.74) is 0. The lowest BCUT2D eigenvalue weighted by atomic mass is 10.9. The van der Waals surface area contributed by atoms with E-state index >= 15 is 0 Å². The van der Waals surface area contributed by atoms with Crippen molar-refractivity contribution < 1.29 is 0 Å². The van der Waals surface area contributed by atoms with E-state index in [1.165, 1.54) is 0 Å². The first-order chi connectivity index (χ1) is 3.41. The van der Waals surface area contributed by atoms with E-state index in [4.69, 9.17) is 0 Å². The van der Waals surface area contributed by atoms with Crippen LogP contribution in [-0.2, 0) is 0 Å². The van der Waals surface area contributed by atoms with Crippen LogP contribution in [0.2, 0.25) is 0 Å². The van der Waals surface area contributed by atoms with E-state index in [0.29, 0.717) is 0 Å². The number of hydrogen-bond donors (Lipinski definition) is 0. The molecule has 0 aliphatic carbocycles. The van der Waals surface area contributed by atoms with E-state index in [1.54, 1.807) is 12.2 Å². The molecule has 0 aliphatic heterocycles. The molecule has 7 heavy (non-hydrogen) atoms. The highest BCUT2D eigenvalue weighted by Crippen LogP contribution is 1.63. The van der Waals surface area contributed by atoms with Crippen molar-refractivity contribution in [3.63, 3.8) is 0 Å². The van der Waals surface area contributed by atoms with E-state index < -0.39 is 0 Å². The summed E-state index contributed by atoms with van der Waals surface area (Å²) in [5, 5.41) is 3.97. The second kappa shape index (κ2) is 5.44. The van der Waals surface area contributed by atoms with E-state index in [-0.39, 0.29) is 0 Å². The predicted octanol–water partition coefficient (Wildman–Crippen LogP) is 0.963. The normalized spacial score (nSPS) is 8.00. The van der Waals surface area contributed by atoms with Crippen LogP contribution in [0.25, 0.3) is 0 Å². The van der Waals surface area contributed by atoms with Crippen LogP contribution < -0.4 is 5.32 Å². The van der Waals surface area contributed by atoms with Gasteiger partial charge in [0, 0.05) is 13.1 Å². The minimum atomic E-state index is 0.742. The fourth-order valence-corrected chi connectivity index (χ4v) is 0.257. The highest BCUT2D eigenvalue weighted by atomic mass is 15.1. The highest BCUT2D eigenvalue weighted by molar-refractivity contribution is 4.74. The van der Waals surface area contributed by atoms with Gasteiger partial charge < -0.3 is 0 Å². The molecule has 0 rings (SSSR count). The number of hydrogen-bond acceptors (Lipinski definition) is 0. The lowest BCUT2D eigenvalue weighted by molar-refractivity contribution is 0.826. The van der Waals surface area contributed by atoms with Crippen LogP contribution in [-0.4, -0.2) is 13.1 Å². The van der Waals surface area contributed by atoms with Crippen LogP contribution in [0.4, 0.5) is 0 Å². The molecule has 39 valence electrons. The van der Waals surface area contributed by atoms with Gasteiger partial charge in [-0.25, -0.2) is 5.32 Å². The average molecular weight is 98.1 g/mol. The van der Waals surface area contributed by atoms with Gasteiger partial charge in [-0.15, -0.1) is 13.2 Å².